The van der Waals surface area contributed by atoms with Gasteiger partial charge >= 0.3 is 0 Å². The molecule has 1 saturated carbocycles. The van der Waals surface area contributed by atoms with E-state index in [1.807, 2.05) is 30.3 Å². The second kappa shape index (κ2) is 6.15. The van der Waals surface area contributed by atoms with Gasteiger partial charge in [-0.05, 0) is 56.1 Å². The molecule has 2 aliphatic heterocycles. The monoisotopic (exact) mass is 387 g/mol. The lowest BCUT2D eigenvalue weighted by atomic mass is 9.81. The standard InChI is InChI=1S/C20H25N3O3S/c24-20(16-4-2-1-3-5-16)12-17-8-9-18(13-20)23(17)27(25,26)19-10-11-21-22(19)14-15-6-7-15/h1-5,10-11,15,17-18,24H,6-9,12-14H2. The van der Waals surface area contributed by atoms with Gasteiger partial charge < -0.3 is 5.11 Å². The molecule has 3 heterocycles. The summed E-state index contributed by atoms with van der Waals surface area (Å²) in [6, 6.07) is 11.0. The molecule has 2 bridgehead atoms. The summed E-state index contributed by atoms with van der Waals surface area (Å²) in [6.45, 7) is 0.679. The van der Waals surface area contributed by atoms with Crippen molar-refractivity contribution in [2.45, 2.75) is 67.8 Å². The van der Waals surface area contributed by atoms with Crippen molar-refractivity contribution in [3.05, 3.63) is 48.2 Å². The molecule has 0 amide bonds. The van der Waals surface area contributed by atoms with Gasteiger partial charge in [-0.25, -0.2) is 8.42 Å². The highest BCUT2D eigenvalue weighted by atomic mass is 32.2. The summed E-state index contributed by atoms with van der Waals surface area (Å²) in [4.78, 5) is 0. The van der Waals surface area contributed by atoms with Gasteiger partial charge in [-0.3, -0.25) is 4.68 Å². The number of hydrogen-bond donors (Lipinski definition) is 1. The normalized spacial score (nSPS) is 31.3. The highest BCUT2D eigenvalue weighted by molar-refractivity contribution is 7.89. The Balaban J connectivity index is 1.45. The van der Waals surface area contributed by atoms with E-state index >= 15 is 0 Å². The van der Waals surface area contributed by atoms with Crippen LogP contribution in [0.3, 0.4) is 0 Å². The van der Waals surface area contributed by atoms with Crippen LogP contribution >= 0.6 is 0 Å². The second-order valence-corrected chi connectivity index (χ2v) is 10.1. The molecule has 7 heteroatoms. The van der Waals surface area contributed by atoms with Gasteiger partial charge in [0.1, 0.15) is 0 Å². The molecule has 5 rings (SSSR count). The van der Waals surface area contributed by atoms with E-state index in [2.05, 4.69) is 5.10 Å². The van der Waals surface area contributed by atoms with Crippen LogP contribution in [0.15, 0.2) is 47.6 Å². The quantitative estimate of drug-likeness (QED) is 0.855. The van der Waals surface area contributed by atoms with E-state index in [0.29, 0.717) is 30.3 Å². The Labute approximate surface area is 159 Å². The van der Waals surface area contributed by atoms with Crippen molar-refractivity contribution in [1.82, 2.24) is 14.1 Å². The van der Waals surface area contributed by atoms with E-state index in [9.17, 15) is 13.5 Å². The lowest BCUT2D eigenvalue weighted by molar-refractivity contribution is -0.0341. The van der Waals surface area contributed by atoms with Crippen molar-refractivity contribution in [3.63, 3.8) is 0 Å². The summed E-state index contributed by atoms with van der Waals surface area (Å²) in [6.07, 6.45) is 6.39. The summed E-state index contributed by atoms with van der Waals surface area (Å²) in [5, 5.41) is 15.8. The number of piperidine rings is 1. The van der Waals surface area contributed by atoms with E-state index in [1.54, 1.807) is 21.3 Å². The molecule has 1 aromatic carbocycles. The van der Waals surface area contributed by atoms with Crippen molar-refractivity contribution in [1.29, 1.82) is 0 Å². The summed E-state index contributed by atoms with van der Waals surface area (Å²) >= 11 is 0. The van der Waals surface area contributed by atoms with Gasteiger partial charge in [-0.2, -0.15) is 9.40 Å². The van der Waals surface area contributed by atoms with Crippen molar-refractivity contribution in [3.8, 4) is 0 Å². The zero-order chi connectivity index (χ0) is 18.6. The van der Waals surface area contributed by atoms with Crippen molar-refractivity contribution in [2.75, 3.05) is 0 Å². The minimum Gasteiger partial charge on any atom is -0.385 e. The van der Waals surface area contributed by atoms with Crippen LogP contribution in [0.5, 0.6) is 0 Å². The Morgan fingerprint density at radius 3 is 2.33 bits per heavy atom. The fraction of sp³-hybridized carbons (Fsp3) is 0.550. The van der Waals surface area contributed by atoms with Crippen LogP contribution in [0.2, 0.25) is 0 Å². The van der Waals surface area contributed by atoms with Crippen LogP contribution in [0.25, 0.3) is 0 Å². The molecule has 3 fully saturated rings. The molecule has 144 valence electrons. The van der Waals surface area contributed by atoms with E-state index < -0.39 is 15.6 Å². The molecule has 1 aromatic heterocycles. The molecule has 0 spiro atoms. The molecular formula is C20H25N3O3S. The van der Waals surface area contributed by atoms with Crippen molar-refractivity contribution >= 4 is 10.0 Å². The lowest BCUT2D eigenvalue weighted by Crippen LogP contribution is -2.52. The SMILES string of the molecule is O=S(=O)(c1ccnn1CC1CC1)N1C2CCC1CC(O)(c1ccccc1)C2. The van der Waals surface area contributed by atoms with E-state index in [-0.39, 0.29) is 12.1 Å². The fourth-order valence-corrected chi connectivity index (χ4v) is 6.87. The molecule has 2 unspecified atom stereocenters. The zero-order valence-electron chi connectivity index (χ0n) is 15.2. The summed E-state index contributed by atoms with van der Waals surface area (Å²) < 4.78 is 30.3. The molecule has 3 aliphatic rings. The molecule has 2 saturated heterocycles. The zero-order valence-corrected chi connectivity index (χ0v) is 16.1. The van der Waals surface area contributed by atoms with E-state index in [0.717, 1.165) is 31.2 Å². The Morgan fingerprint density at radius 2 is 1.70 bits per heavy atom. The lowest BCUT2D eigenvalue weighted by Gasteiger charge is -2.43. The third kappa shape index (κ3) is 2.92. The van der Waals surface area contributed by atoms with Crippen LogP contribution in [0.4, 0.5) is 0 Å². The van der Waals surface area contributed by atoms with Crippen LogP contribution in [0, 0.1) is 5.92 Å². The van der Waals surface area contributed by atoms with E-state index in [1.165, 1.54) is 0 Å². The first kappa shape index (κ1) is 17.4. The first-order chi connectivity index (χ1) is 13.0. The highest BCUT2D eigenvalue weighted by Crippen LogP contribution is 2.47. The minimum atomic E-state index is -3.61. The predicted octanol–water partition coefficient (Wildman–Crippen LogP) is 2.50. The van der Waals surface area contributed by atoms with Crippen LogP contribution in [-0.4, -0.2) is 39.7 Å². The summed E-state index contributed by atoms with van der Waals surface area (Å²) in [7, 11) is -3.61. The van der Waals surface area contributed by atoms with Crippen molar-refractivity contribution < 1.29 is 13.5 Å². The Morgan fingerprint density at radius 1 is 1.04 bits per heavy atom. The molecule has 0 radical (unpaired) electrons. The molecule has 2 atom stereocenters. The third-order valence-corrected chi connectivity index (χ3v) is 8.38. The topological polar surface area (TPSA) is 75.4 Å². The Kier molecular flexibility index (Phi) is 3.97. The van der Waals surface area contributed by atoms with Crippen molar-refractivity contribution in [2.24, 2.45) is 5.92 Å². The summed E-state index contributed by atoms with van der Waals surface area (Å²) in [5.41, 5.74) is -0.0642. The smallest absolute Gasteiger partial charge is 0.260 e. The number of fused-ring (bicyclic) bond motifs is 2. The van der Waals surface area contributed by atoms with Gasteiger partial charge in [0.2, 0.25) is 0 Å². The third-order valence-electron chi connectivity index (χ3n) is 6.36. The van der Waals surface area contributed by atoms with Gasteiger partial charge in [0.25, 0.3) is 10.0 Å². The number of aliphatic hydroxyl groups is 1. The number of aromatic nitrogens is 2. The number of nitrogens with zero attached hydrogens (tertiary/aromatic N) is 3. The fourth-order valence-electron chi connectivity index (χ4n) is 4.89. The van der Waals surface area contributed by atoms with Gasteiger partial charge in [0.15, 0.2) is 5.03 Å². The molecule has 1 aliphatic carbocycles. The maximum Gasteiger partial charge on any atom is 0.260 e. The number of sulfonamides is 1. The first-order valence-electron chi connectivity index (χ1n) is 9.81. The molecule has 2 aromatic rings. The van der Waals surface area contributed by atoms with Gasteiger partial charge in [-0.15, -0.1) is 0 Å². The van der Waals surface area contributed by atoms with E-state index in [4.69, 9.17) is 0 Å². The average molecular weight is 388 g/mol. The molecule has 27 heavy (non-hydrogen) atoms. The minimum absolute atomic E-state index is 0.164. The first-order valence-corrected chi connectivity index (χ1v) is 11.2. The molecular weight excluding hydrogens is 362 g/mol. The van der Waals surface area contributed by atoms with Gasteiger partial charge in [-0.1, -0.05) is 30.3 Å². The van der Waals surface area contributed by atoms with Gasteiger partial charge in [0, 0.05) is 18.6 Å². The Bertz CT molecular complexity index is 922. The maximum atomic E-state index is 13.5. The van der Waals surface area contributed by atoms with Crippen LogP contribution in [0.1, 0.15) is 44.1 Å². The van der Waals surface area contributed by atoms with Crippen LogP contribution in [-0.2, 0) is 22.2 Å². The summed E-state index contributed by atoms with van der Waals surface area (Å²) in [5.74, 6) is 0.556. The maximum absolute atomic E-state index is 13.5. The largest absolute Gasteiger partial charge is 0.385 e. The second-order valence-electron chi connectivity index (χ2n) is 8.32. The number of hydrogen-bond acceptors (Lipinski definition) is 4. The molecule has 6 nitrogen and oxygen atoms in total. The predicted molar refractivity (Wildman–Crippen MR) is 100 cm³/mol. The highest BCUT2D eigenvalue weighted by Gasteiger charge is 2.53. The number of benzene rings is 1. The Hall–Kier alpha value is -1.70. The molecule has 1 N–H and O–H groups in total. The average Bonchev–Trinajstić information content (AvgIpc) is 3.24. The number of rotatable bonds is 5. The van der Waals surface area contributed by atoms with Crippen LogP contribution < -0.4 is 0 Å². The van der Waals surface area contributed by atoms with Gasteiger partial charge in [0.05, 0.1) is 11.8 Å².